The Morgan fingerprint density at radius 1 is 1.26 bits per heavy atom. The van der Waals surface area contributed by atoms with Crippen molar-refractivity contribution in [3.63, 3.8) is 0 Å². The number of aliphatic hydroxyl groups excluding tert-OH is 1. The van der Waals surface area contributed by atoms with E-state index in [1.807, 2.05) is 13.2 Å². The van der Waals surface area contributed by atoms with E-state index in [1.165, 1.54) is 41.8 Å². The fourth-order valence-corrected chi connectivity index (χ4v) is 7.31. The number of fused-ring (bicyclic) bond motifs is 6. The predicted molar refractivity (Wildman–Crippen MR) is 189 cm³/mol. The summed E-state index contributed by atoms with van der Waals surface area (Å²) in [6.07, 6.45) is 2.22. The second kappa shape index (κ2) is 15.5. The van der Waals surface area contributed by atoms with Crippen molar-refractivity contribution in [3.05, 3.63) is 46.5 Å². The molecule has 2 fully saturated rings. The van der Waals surface area contributed by atoms with Crippen molar-refractivity contribution in [3.8, 4) is 5.75 Å². The summed E-state index contributed by atoms with van der Waals surface area (Å²) in [6, 6.07) is 2.56. The van der Waals surface area contributed by atoms with Gasteiger partial charge in [-0.1, -0.05) is 35.4 Å². The zero-order valence-corrected chi connectivity index (χ0v) is 31.4. The van der Waals surface area contributed by atoms with Crippen molar-refractivity contribution in [1.29, 1.82) is 0 Å². The molecule has 4 heterocycles. The lowest BCUT2D eigenvalue weighted by atomic mass is 9.72. The Kier molecular flexibility index (Phi) is 12.3. The topological polar surface area (TPSA) is 164 Å². The van der Waals surface area contributed by atoms with Crippen molar-refractivity contribution >= 4 is 52.9 Å². The number of alkyl carbamates (subject to hydrolysis) is 1. The molecule has 1 aromatic rings. The maximum atomic E-state index is 14.0. The molecule has 0 aliphatic carbocycles. The molecule has 2 saturated heterocycles. The molecule has 276 valence electrons. The van der Waals surface area contributed by atoms with Gasteiger partial charge in [0, 0.05) is 39.1 Å². The smallest absolute Gasteiger partial charge is 0.409 e. The SMILES string of the molecule is COc1cc2cc(c1Cl)N(C)C(=O)C[C@H](OC(=O)[C@H](C)N(C)C(=O)CCSC)C1(C)C[C@@](C)(O1)C1C[C@@](O)(NC(=O)O1)[C@H](O)/C=C/C=C(\C)C2. The monoisotopic (exact) mass is 737 g/mol. The quantitative estimate of drug-likeness (QED) is 0.349. The Hall–Kier alpha value is -3.30. The van der Waals surface area contributed by atoms with Gasteiger partial charge in [0.15, 0.2) is 5.72 Å². The first kappa shape index (κ1) is 39.5. The van der Waals surface area contributed by atoms with Gasteiger partial charge in [0.2, 0.25) is 11.8 Å². The summed E-state index contributed by atoms with van der Waals surface area (Å²) < 4.78 is 23.5. The van der Waals surface area contributed by atoms with E-state index in [1.54, 1.807) is 52.1 Å². The van der Waals surface area contributed by atoms with Crippen LogP contribution >= 0.6 is 23.4 Å². The van der Waals surface area contributed by atoms with Gasteiger partial charge < -0.3 is 39.0 Å². The number of anilines is 1. The first-order valence-electron chi connectivity index (χ1n) is 16.4. The summed E-state index contributed by atoms with van der Waals surface area (Å²) in [5.74, 6) is -0.469. The Bertz CT molecular complexity index is 1550. The molecule has 7 atom stereocenters. The number of esters is 1. The van der Waals surface area contributed by atoms with E-state index in [9.17, 15) is 29.4 Å². The fraction of sp³-hybridized carbons (Fsp3) is 0.600. The normalized spacial score (nSPS) is 32.3. The van der Waals surface area contributed by atoms with Crippen molar-refractivity contribution < 1.29 is 48.3 Å². The molecule has 0 spiro atoms. The largest absolute Gasteiger partial charge is 0.495 e. The van der Waals surface area contributed by atoms with Crippen LogP contribution in [-0.4, -0.2) is 113 Å². The molecule has 6 bridgehead atoms. The minimum atomic E-state index is -2.08. The second-order valence-electron chi connectivity index (χ2n) is 13.7. The number of hydrogen-bond donors (Lipinski definition) is 3. The zero-order valence-electron chi connectivity index (χ0n) is 29.8. The number of nitrogens with zero attached hydrogens (tertiary/aromatic N) is 2. The van der Waals surface area contributed by atoms with Crippen LogP contribution < -0.4 is 15.0 Å². The highest BCUT2D eigenvalue weighted by Gasteiger charge is 2.63. The summed E-state index contributed by atoms with van der Waals surface area (Å²) in [4.78, 5) is 55.7. The van der Waals surface area contributed by atoms with E-state index < -0.39 is 59.3 Å². The fourth-order valence-electron chi connectivity index (χ4n) is 6.62. The molecule has 5 rings (SSSR count). The zero-order chi connectivity index (χ0) is 37.2. The van der Waals surface area contributed by atoms with E-state index in [0.29, 0.717) is 23.6 Å². The Morgan fingerprint density at radius 3 is 2.58 bits per heavy atom. The van der Waals surface area contributed by atoms with Crippen LogP contribution in [0.2, 0.25) is 5.02 Å². The second-order valence-corrected chi connectivity index (χ2v) is 15.1. The van der Waals surface area contributed by atoms with Crippen molar-refractivity contribution in [1.82, 2.24) is 10.2 Å². The first-order chi connectivity index (χ1) is 23.4. The molecule has 13 nitrogen and oxygen atoms in total. The van der Waals surface area contributed by atoms with Crippen LogP contribution in [0, 0.1) is 0 Å². The number of aliphatic hydroxyl groups is 2. The number of allylic oxidation sites excluding steroid dienone is 3. The number of carbonyl (C=O) groups excluding carboxylic acids is 4. The van der Waals surface area contributed by atoms with E-state index in [2.05, 4.69) is 5.32 Å². The minimum absolute atomic E-state index is 0.137. The van der Waals surface area contributed by atoms with E-state index >= 15 is 0 Å². The van der Waals surface area contributed by atoms with Gasteiger partial charge in [0.1, 0.15) is 46.3 Å². The highest BCUT2D eigenvalue weighted by atomic mass is 35.5. The molecule has 1 aromatic carbocycles. The number of carbonyl (C=O) groups is 4. The summed E-state index contributed by atoms with van der Waals surface area (Å²) in [7, 11) is 4.55. The number of amides is 3. The number of benzene rings is 1. The third-order valence-electron chi connectivity index (χ3n) is 9.73. The van der Waals surface area contributed by atoms with Crippen molar-refractivity contribution in [2.45, 2.75) is 101 Å². The first-order valence-corrected chi connectivity index (χ1v) is 18.1. The van der Waals surface area contributed by atoms with E-state index in [4.69, 9.17) is 30.5 Å². The predicted octanol–water partition coefficient (Wildman–Crippen LogP) is 3.76. The van der Waals surface area contributed by atoms with E-state index in [-0.39, 0.29) is 36.6 Å². The summed E-state index contributed by atoms with van der Waals surface area (Å²) >= 11 is 8.23. The average Bonchev–Trinajstić information content (AvgIpc) is 3.04. The minimum Gasteiger partial charge on any atom is -0.495 e. The van der Waals surface area contributed by atoms with Crippen LogP contribution in [0.5, 0.6) is 5.75 Å². The lowest BCUT2D eigenvalue weighted by Gasteiger charge is -2.59. The average molecular weight is 738 g/mol. The molecule has 15 heteroatoms. The molecule has 0 radical (unpaired) electrons. The van der Waals surface area contributed by atoms with Crippen LogP contribution in [0.15, 0.2) is 35.9 Å². The van der Waals surface area contributed by atoms with E-state index in [0.717, 1.165) is 11.1 Å². The van der Waals surface area contributed by atoms with Gasteiger partial charge in [-0.25, -0.2) is 9.59 Å². The molecular weight excluding hydrogens is 690 g/mol. The van der Waals surface area contributed by atoms with Gasteiger partial charge in [-0.3, -0.25) is 14.9 Å². The highest BCUT2D eigenvalue weighted by molar-refractivity contribution is 7.98. The van der Waals surface area contributed by atoms with Gasteiger partial charge in [-0.15, -0.1) is 0 Å². The van der Waals surface area contributed by atoms with Gasteiger partial charge in [-0.05, 0) is 58.1 Å². The summed E-state index contributed by atoms with van der Waals surface area (Å²) in [5.41, 5.74) is -2.52. The standard InChI is InChI=1S/C35H48ClN3O10S/c1-20-10-9-11-25(40)35(45)18-27(48-32(44)37-35)34(4)19-33(3,49-34)26(47-31(43)21(2)38(5)28(41)12-13-50-8)17-29(42)39(6)23-15-22(14-20)16-24(46-7)30(23)36/h9-11,15-16,21,25-27,40,45H,12-14,17-19H2,1-8H3,(H,37,44)/b11-9+,20-10+/t21-,25+,26-,27?,33?,34+,35-/m0/s1. The van der Waals surface area contributed by atoms with Crippen LogP contribution in [0.1, 0.15) is 58.9 Å². The van der Waals surface area contributed by atoms with Crippen LogP contribution in [0.25, 0.3) is 0 Å². The number of hydrogen-bond acceptors (Lipinski definition) is 11. The Morgan fingerprint density at radius 2 is 1.94 bits per heavy atom. The van der Waals surface area contributed by atoms with Crippen LogP contribution in [0.4, 0.5) is 10.5 Å². The van der Waals surface area contributed by atoms with Gasteiger partial charge >= 0.3 is 12.1 Å². The summed E-state index contributed by atoms with van der Waals surface area (Å²) in [5, 5.41) is 24.9. The van der Waals surface area contributed by atoms with Crippen LogP contribution in [-0.2, 0) is 35.0 Å². The van der Waals surface area contributed by atoms with Crippen molar-refractivity contribution in [2.24, 2.45) is 0 Å². The van der Waals surface area contributed by atoms with Crippen LogP contribution in [0.3, 0.4) is 0 Å². The molecule has 0 saturated carbocycles. The summed E-state index contributed by atoms with van der Waals surface area (Å²) in [6.45, 7) is 6.78. The molecule has 2 unspecified atom stereocenters. The van der Waals surface area contributed by atoms with Gasteiger partial charge in [0.05, 0.1) is 19.2 Å². The molecule has 4 aliphatic rings. The third-order valence-corrected chi connectivity index (χ3v) is 10.7. The van der Waals surface area contributed by atoms with Gasteiger partial charge in [-0.2, -0.15) is 11.8 Å². The molecule has 3 amide bonds. The number of likely N-dealkylation sites (N-methyl/N-ethyl adjacent to an activating group) is 1. The van der Waals surface area contributed by atoms with Gasteiger partial charge in [0.25, 0.3) is 0 Å². The molecule has 0 aromatic heterocycles. The van der Waals surface area contributed by atoms with Crippen molar-refractivity contribution in [2.75, 3.05) is 38.1 Å². The number of nitrogens with one attached hydrogen (secondary N) is 1. The molecule has 50 heavy (non-hydrogen) atoms. The number of halogens is 1. The lowest BCUT2D eigenvalue weighted by molar-refractivity contribution is -0.328. The molecular formula is C35H48ClN3O10S. The highest BCUT2D eigenvalue weighted by Crippen LogP contribution is 2.50. The maximum Gasteiger partial charge on any atom is 0.409 e. The third kappa shape index (κ3) is 8.42. The molecule has 4 aliphatic heterocycles. The Labute approximate surface area is 302 Å². The molecule has 3 N–H and O–H groups in total. The number of rotatable bonds is 7. The number of ether oxygens (including phenoxy) is 4. The maximum absolute atomic E-state index is 14.0. The number of thioether (sulfide) groups is 1. The lowest BCUT2D eigenvalue weighted by Crippen LogP contribution is -2.72. The number of methoxy groups -OCH3 is 1. The Balaban J connectivity index is 1.75.